The number of unbranched alkanes of at least 4 members (excludes halogenated alkanes) is 1. The van der Waals surface area contributed by atoms with Crippen LogP contribution in [0.15, 0.2) is 24.3 Å². The average Bonchev–Trinajstić information content (AvgIpc) is 3.26. The van der Waals surface area contributed by atoms with Crippen molar-refractivity contribution in [3.63, 3.8) is 0 Å². The maximum absolute atomic E-state index is 12.4. The maximum Gasteiger partial charge on any atom is 0.343 e. The number of carbonyl (C=O) groups excluding carboxylic acids is 3. The largest absolute Gasteiger partial charge is 0.454 e. The second-order valence-corrected chi connectivity index (χ2v) is 7.38. The molecule has 1 amide bonds. The first-order chi connectivity index (χ1) is 13.9. The van der Waals surface area contributed by atoms with Gasteiger partial charge in [-0.3, -0.25) is 14.3 Å². The second-order valence-electron chi connectivity index (χ2n) is 7.02. The molecule has 0 bridgehead atoms. The number of Topliss-reactive ketones (excluding diaryl/α,β-unsaturated/α-hetero) is 1. The standard InChI is InChI=1S/C21H24ClN3O4/c1-3-4-12-25-20(22)19(14(2)23-25)21(28)29-13-17(26)15-7-9-16(10-8-15)24-11-5-6-18(24)27/h7-10H,3-6,11-13H2,1-2H3. The van der Waals surface area contributed by atoms with Gasteiger partial charge >= 0.3 is 5.97 Å². The van der Waals surface area contributed by atoms with Crippen molar-refractivity contribution in [2.75, 3.05) is 18.1 Å². The van der Waals surface area contributed by atoms with Crippen LogP contribution in [0, 0.1) is 6.92 Å². The number of aromatic nitrogens is 2. The molecule has 1 aromatic heterocycles. The van der Waals surface area contributed by atoms with Gasteiger partial charge in [0.25, 0.3) is 0 Å². The van der Waals surface area contributed by atoms with E-state index in [2.05, 4.69) is 12.0 Å². The van der Waals surface area contributed by atoms with Crippen molar-refractivity contribution in [2.45, 2.75) is 46.1 Å². The van der Waals surface area contributed by atoms with Crippen molar-refractivity contribution in [1.29, 1.82) is 0 Å². The normalized spacial score (nSPS) is 13.8. The molecule has 0 unspecified atom stereocenters. The number of benzene rings is 1. The van der Waals surface area contributed by atoms with Crippen LogP contribution in [-0.4, -0.2) is 40.6 Å². The van der Waals surface area contributed by atoms with E-state index in [1.165, 1.54) is 0 Å². The summed E-state index contributed by atoms with van der Waals surface area (Å²) in [6, 6.07) is 6.74. The van der Waals surface area contributed by atoms with Gasteiger partial charge in [0.1, 0.15) is 10.7 Å². The number of esters is 1. The zero-order chi connectivity index (χ0) is 21.0. The summed E-state index contributed by atoms with van der Waals surface area (Å²) >= 11 is 6.27. The van der Waals surface area contributed by atoms with Crippen LogP contribution in [0.2, 0.25) is 5.15 Å². The summed E-state index contributed by atoms with van der Waals surface area (Å²) in [5.41, 5.74) is 1.85. The molecule has 0 atom stereocenters. The van der Waals surface area contributed by atoms with E-state index in [9.17, 15) is 14.4 Å². The number of nitrogens with zero attached hydrogens (tertiary/aromatic N) is 3. The predicted octanol–water partition coefficient (Wildman–Crippen LogP) is 3.81. The van der Waals surface area contributed by atoms with Gasteiger partial charge < -0.3 is 9.64 Å². The molecule has 29 heavy (non-hydrogen) atoms. The van der Waals surface area contributed by atoms with E-state index in [1.807, 2.05) is 0 Å². The SMILES string of the molecule is CCCCn1nc(C)c(C(=O)OCC(=O)c2ccc(N3CCCC3=O)cc2)c1Cl. The lowest BCUT2D eigenvalue weighted by Crippen LogP contribution is -2.23. The van der Waals surface area contributed by atoms with Gasteiger partial charge in [-0.05, 0) is 44.0 Å². The van der Waals surface area contributed by atoms with E-state index in [1.54, 1.807) is 40.8 Å². The van der Waals surface area contributed by atoms with Crippen LogP contribution in [0.1, 0.15) is 59.0 Å². The fourth-order valence-corrected chi connectivity index (χ4v) is 3.61. The van der Waals surface area contributed by atoms with Crippen LogP contribution < -0.4 is 4.90 Å². The Labute approximate surface area is 174 Å². The quantitative estimate of drug-likeness (QED) is 0.481. The summed E-state index contributed by atoms with van der Waals surface area (Å²) in [7, 11) is 0. The van der Waals surface area contributed by atoms with Crippen LogP contribution in [0.5, 0.6) is 0 Å². The first-order valence-corrected chi connectivity index (χ1v) is 10.1. The molecule has 0 N–H and O–H groups in total. The lowest BCUT2D eigenvalue weighted by molar-refractivity contribution is -0.117. The van der Waals surface area contributed by atoms with Gasteiger partial charge in [-0.2, -0.15) is 5.10 Å². The summed E-state index contributed by atoms with van der Waals surface area (Å²) in [6.07, 6.45) is 3.27. The minimum atomic E-state index is -0.664. The van der Waals surface area contributed by atoms with Gasteiger partial charge in [0.05, 0.1) is 5.69 Å². The van der Waals surface area contributed by atoms with Crippen molar-refractivity contribution in [1.82, 2.24) is 9.78 Å². The average molecular weight is 418 g/mol. The van der Waals surface area contributed by atoms with Crippen LogP contribution in [0.3, 0.4) is 0 Å². The zero-order valence-electron chi connectivity index (χ0n) is 16.6. The Morgan fingerprint density at radius 3 is 2.59 bits per heavy atom. The Balaban J connectivity index is 1.61. The molecule has 1 fully saturated rings. The maximum atomic E-state index is 12.4. The molecule has 2 aromatic rings. The van der Waals surface area contributed by atoms with E-state index in [0.717, 1.165) is 24.9 Å². The third-order valence-corrected chi connectivity index (χ3v) is 5.29. The van der Waals surface area contributed by atoms with Crippen molar-refractivity contribution < 1.29 is 19.1 Å². The molecule has 2 heterocycles. The smallest absolute Gasteiger partial charge is 0.343 e. The number of ether oxygens (including phenoxy) is 1. The van der Waals surface area contributed by atoms with Gasteiger partial charge in [-0.25, -0.2) is 4.79 Å². The minimum Gasteiger partial charge on any atom is -0.454 e. The van der Waals surface area contributed by atoms with Crippen molar-refractivity contribution in [2.24, 2.45) is 0 Å². The lowest BCUT2D eigenvalue weighted by Gasteiger charge is -2.15. The Kier molecular flexibility index (Phi) is 6.69. The Hall–Kier alpha value is -2.67. The highest BCUT2D eigenvalue weighted by Crippen LogP contribution is 2.23. The number of amides is 1. The molecule has 8 heteroatoms. The van der Waals surface area contributed by atoms with Crippen LogP contribution >= 0.6 is 11.6 Å². The van der Waals surface area contributed by atoms with Crippen molar-refractivity contribution >= 4 is 34.9 Å². The number of halogens is 1. The van der Waals surface area contributed by atoms with Crippen LogP contribution in [-0.2, 0) is 16.1 Å². The molecule has 0 aliphatic carbocycles. The Morgan fingerprint density at radius 2 is 1.97 bits per heavy atom. The molecule has 0 saturated carbocycles. The van der Waals surface area contributed by atoms with Gasteiger partial charge in [-0.1, -0.05) is 24.9 Å². The summed E-state index contributed by atoms with van der Waals surface area (Å²) in [6.45, 7) is 4.66. The summed E-state index contributed by atoms with van der Waals surface area (Å²) in [5.74, 6) is -0.905. The molecule has 0 radical (unpaired) electrons. The molecule has 154 valence electrons. The first kappa shape index (κ1) is 21.0. The molecule has 1 aromatic carbocycles. The fraction of sp³-hybridized carbons (Fsp3) is 0.429. The number of carbonyl (C=O) groups is 3. The van der Waals surface area contributed by atoms with Gasteiger partial charge in [-0.15, -0.1) is 0 Å². The number of aryl methyl sites for hydroxylation is 2. The van der Waals surface area contributed by atoms with E-state index >= 15 is 0 Å². The topological polar surface area (TPSA) is 81.5 Å². The Bertz CT molecular complexity index is 921. The highest BCUT2D eigenvalue weighted by atomic mass is 35.5. The molecule has 3 rings (SSSR count). The van der Waals surface area contributed by atoms with Gasteiger partial charge in [0, 0.05) is 30.8 Å². The number of rotatable bonds is 8. The summed E-state index contributed by atoms with van der Waals surface area (Å²) < 4.78 is 6.76. The molecule has 0 spiro atoms. The number of hydrogen-bond acceptors (Lipinski definition) is 5. The van der Waals surface area contributed by atoms with E-state index in [-0.39, 0.29) is 22.4 Å². The van der Waals surface area contributed by atoms with Crippen LogP contribution in [0.4, 0.5) is 5.69 Å². The van der Waals surface area contributed by atoms with Crippen LogP contribution in [0.25, 0.3) is 0 Å². The van der Waals surface area contributed by atoms with Gasteiger partial charge in [0.15, 0.2) is 12.4 Å². The molecule has 7 nitrogen and oxygen atoms in total. The van der Waals surface area contributed by atoms with Crippen molar-refractivity contribution in [3.05, 3.63) is 46.2 Å². The lowest BCUT2D eigenvalue weighted by atomic mass is 10.1. The fourth-order valence-electron chi connectivity index (χ4n) is 3.28. The number of hydrogen-bond donors (Lipinski definition) is 0. The monoisotopic (exact) mass is 417 g/mol. The predicted molar refractivity (Wildman–Crippen MR) is 110 cm³/mol. The number of ketones is 1. The van der Waals surface area contributed by atoms with E-state index in [4.69, 9.17) is 16.3 Å². The van der Waals surface area contributed by atoms with E-state index < -0.39 is 12.6 Å². The first-order valence-electron chi connectivity index (χ1n) is 9.76. The molecule has 1 aliphatic heterocycles. The third-order valence-electron chi connectivity index (χ3n) is 4.90. The molecule has 1 aliphatic rings. The Morgan fingerprint density at radius 1 is 1.24 bits per heavy atom. The summed E-state index contributed by atoms with van der Waals surface area (Å²) in [5, 5.41) is 4.50. The molecule has 1 saturated heterocycles. The van der Waals surface area contributed by atoms with Gasteiger partial charge in [0.2, 0.25) is 5.91 Å². The summed E-state index contributed by atoms with van der Waals surface area (Å²) in [4.78, 5) is 38.3. The molecular formula is C21H24ClN3O4. The highest BCUT2D eigenvalue weighted by molar-refractivity contribution is 6.32. The third kappa shape index (κ3) is 4.67. The van der Waals surface area contributed by atoms with Crippen molar-refractivity contribution in [3.8, 4) is 0 Å². The zero-order valence-corrected chi connectivity index (χ0v) is 17.4. The van der Waals surface area contributed by atoms with E-state index in [0.29, 0.717) is 30.8 Å². The molecular weight excluding hydrogens is 394 g/mol. The second kappa shape index (κ2) is 9.22. The minimum absolute atomic E-state index is 0.0877. The number of anilines is 1. The highest BCUT2D eigenvalue weighted by Gasteiger charge is 2.23.